The minimum atomic E-state index is -0.879. The van der Waals surface area contributed by atoms with Gasteiger partial charge in [-0.3, -0.25) is 9.58 Å². The zero-order chi connectivity index (χ0) is 13.4. The Morgan fingerprint density at radius 3 is 2.84 bits per heavy atom. The molecule has 6 heteroatoms. The number of nitrogens with zero attached hydrogens (tertiary/aromatic N) is 4. The second kappa shape index (κ2) is 4.47. The topological polar surface area (TPSA) is 71.2 Å². The molecule has 0 aliphatic carbocycles. The Morgan fingerprint density at radius 2 is 2.16 bits per heavy atom. The molecule has 0 unspecified atom stereocenters. The van der Waals surface area contributed by atoms with Crippen molar-refractivity contribution in [2.75, 3.05) is 0 Å². The Balaban J connectivity index is 1.75. The Labute approximate surface area is 110 Å². The second-order valence-corrected chi connectivity index (χ2v) is 4.82. The van der Waals surface area contributed by atoms with Crippen LogP contribution < -0.4 is 0 Å². The van der Waals surface area contributed by atoms with Crippen LogP contribution in [0.1, 0.15) is 27.2 Å². The SMILES string of the molecule is Cn1cc(CN2Cc3ccc(C(=O)O)cc3C2)nn1. The van der Waals surface area contributed by atoms with Crippen molar-refractivity contribution in [2.24, 2.45) is 7.05 Å². The number of carboxylic acid groups (broad SMARTS) is 1. The molecule has 0 fully saturated rings. The maximum absolute atomic E-state index is 10.9. The molecule has 0 amide bonds. The number of hydrogen-bond donors (Lipinski definition) is 1. The minimum absolute atomic E-state index is 0.347. The number of aryl methyl sites for hydroxylation is 1. The third kappa shape index (κ3) is 2.34. The molecule has 1 aliphatic heterocycles. The molecule has 0 radical (unpaired) electrons. The summed E-state index contributed by atoms with van der Waals surface area (Å²) in [6, 6.07) is 5.32. The maximum atomic E-state index is 10.9. The van der Waals surface area contributed by atoms with Gasteiger partial charge >= 0.3 is 5.97 Å². The van der Waals surface area contributed by atoms with Crippen LogP contribution in [0.15, 0.2) is 24.4 Å². The van der Waals surface area contributed by atoms with Crippen molar-refractivity contribution in [1.82, 2.24) is 19.9 Å². The second-order valence-electron chi connectivity index (χ2n) is 4.82. The maximum Gasteiger partial charge on any atom is 0.335 e. The summed E-state index contributed by atoms with van der Waals surface area (Å²) in [5.41, 5.74) is 3.55. The number of benzene rings is 1. The van der Waals surface area contributed by atoms with Crippen LogP contribution in [0.5, 0.6) is 0 Å². The van der Waals surface area contributed by atoms with Crippen LogP contribution in [0.3, 0.4) is 0 Å². The summed E-state index contributed by atoms with van der Waals surface area (Å²) in [5, 5.41) is 17.0. The van der Waals surface area contributed by atoms with Crippen molar-refractivity contribution in [2.45, 2.75) is 19.6 Å². The van der Waals surface area contributed by atoms with Crippen LogP contribution in [0.25, 0.3) is 0 Å². The molecule has 2 aromatic rings. The number of aromatic nitrogens is 3. The van der Waals surface area contributed by atoms with Crippen molar-refractivity contribution >= 4 is 5.97 Å². The number of hydrogen-bond acceptors (Lipinski definition) is 4. The summed E-state index contributed by atoms with van der Waals surface area (Å²) in [7, 11) is 1.84. The third-order valence-corrected chi connectivity index (χ3v) is 3.28. The van der Waals surface area contributed by atoms with Crippen LogP contribution >= 0.6 is 0 Å². The molecule has 0 bridgehead atoms. The van der Waals surface area contributed by atoms with E-state index < -0.39 is 5.97 Å². The normalized spacial score (nSPS) is 14.6. The summed E-state index contributed by atoms with van der Waals surface area (Å²) in [5.74, 6) is -0.879. The van der Waals surface area contributed by atoms with Crippen LogP contribution in [-0.2, 0) is 26.7 Å². The van der Waals surface area contributed by atoms with E-state index >= 15 is 0 Å². The lowest BCUT2D eigenvalue weighted by atomic mass is 10.1. The van der Waals surface area contributed by atoms with Gasteiger partial charge in [-0.1, -0.05) is 11.3 Å². The summed E-state index contributed by atoms with van der Waals surface area (Å²) in [6.45, 7) is 2.31. The van der Waals surface area contributed by atoms with Gasteiger partial charge in [-0.15, -0.1) is 5.10 Å². The Kier molecular flexibility index (Phi) is 2.79. The van der Waals surface area contributed by atoms with E-state index in [1.807, 2.05) is 19.3 Å². The molecule has 3 rings (SSSR count). The molecule has 19 heavy (non-hydrogen) atoms. The largest absolute Gasteiger partial charge is 0.478 e. The first-order chi connectivity index (χ1) is 9.11. The number of carbonyl (C=O) groups is 1. The first-order valence-electron chi connectivity index (χ1n) is 6.04. The monoisotopic (exact) mass is 258 g/mol. The lowest BCUT2D eigenvalue weighted by molar-refractivity contribution is 0.0696. The summed E-state index contributed by atoms with van der Waals surface area (Å²) in [4.78, 5) is 13.2. The van der Waals surface area contributed by atoms with Crippen LogP contribution in [0.4, 0.5) is 0 Å². The van der Waals surface area contributed by atoms with Crippen LogP contribution in [0, 0.1) is 0 Å². The smallest absolute Gasteiger partial charge is 0.335 e. The lowest BCUT2D eigenvalue weighted by Gasteiger charge is -2.11. The summed E-state index contributed by atoms with van der Waals surface area (Å²) in [6.07, 6.45) is 1.89. The fraction of sp³-hybridized carbons (Fsp3) is 0.308. The average Bonchev–Trinajstić information content (AvgIpc) is 2.94. The number of fused-ring (bicyclic) bond motifs is 1. The van der Waals surface area contributed by atoms with Gasteiger partial charge in [-0.25, -0.2) is 4.79 Å². The molecule has 2 heterocycles. The van der Waals surface area contributed by atoms with E-state index in [2.05, 4.69) is 15.2 Å². The van der Waals surface area contributed by atoms with Crippen LogP contribution in [-0.4, -0.2) is 31.0 Å². The van der Waals surface area contributed by atoms with Crippen molar-refractivity contribution in [1.29, 1.82) is 0 Å². The van der Waals surface area contributed by atoms with Crippen molar-refractivity contribution in [3.8, 4) is 0 Å². The molecule has 0 atom stereocenters. The van der Waals surface area contributed by atoms with Crippen molar-refractivity contribution < 1.29 is 9.90 Å². The van der Waals surface area contributed by atoms with Gasteiger partial charge in [0.2, 0.25) is 0 Å². The van der Waals surface area contributed by atoms with E-state index in [0.717, 1.165) is 30.9 Å². The highest BCUT2D eigenvalue weighted by Gasteiger charge is 2.21. The quantitative estimate of drug-likeness (QED) is 0.890. The number of aromatic carboxylic acids is 1. The molecule has 1 aromatic carbocycles. The highest BCUT2D eigenvalue weighted by molar-refractivity contribution is 5.87. The fourth-order valence-corrected chi connectivity index (χ4v) is 2.41. The molecule has 1 aromatic heterocycles. The summed E-state index contributed by atoms with van der Waals surface area (Å²) < 4.78 is 1.68. The molecule has 0 spiro atoms. The molecule has 98 valence electrons. The van der Waals surface area contributed by atoms with Crippen LogP contribution in [0.2, 0.25) is 0 Å². The summed E-state index contributed by atoms with van der Waals surface area (Å²) >= 11 is 0. The van der Waals surface area contributed by atoms with Gasteiger partial charge in [0.05, 0.1) is 11.3 Å². The van der Waals surface area contributed by atoms with Gasteiger partial charge in [0.1, 0.15) is 0 Å². The standard InChI is InChI=1S/C13H14N4O2/c1-16-7-12(14-15-16)8-17-5-10-3-2-9(13(18)19)4-11(10)6-17/h2-4,7H,5-6,8H2,1H3,(H,18,19). The van der Waals surface area contributed by atoms with E-state index in [9.17, 15) is 4.79 Å². The average molecular weight is 258 g/mol. The Bertz CT molecular complexity index is 635. The van der Waals surface area contributed by atoms with E-state index in [1.54, 1.807) is 16.8 Å². The fourth-order valence-electron chi connectivity index (χ4n) is 2.41. The van der Waals surface area contributed by atoms with E-state index in [-0.39, 0.29) is 0 Å². The Morgan fingerprint density at radius 1 is 1.37 bits per heavy atom. The van der Waals surface area contributed by atoms with Crippen molar-refractivity contribution in [3.05, 3.63) is 46.8 Å². The molecule has 6 nitrogen and oxygen atoms in total. The zero-order valence-electron chi connectivity index (χ0n) is 10.6. The molecule has 1 aliphatic rings. The molecule has 0 saturated heterocycles. The predicted octanol–water partition coefficient (Wildman–Crippen LogP) is 1.03. The highest BCUT2D eigenvalue weighted by Crippen LogP contribution is 2.24. The van der Waals surface area contributed by atoms with Gasteiger partial charge in [0, 0.05) is 32.9 Å². The minimum Gasteiger partial charge on any atom is -0.478 e. The van der Waals surface area contributed by atoms with Gasteiger partial charge in [-0.05, 0) is 23.3 Å². The molecule has 1 N–H and O–H groups in total. The lowest BCUT2D eigenvalue weighted by Crippen LogP contribution is -2.15. The zero-order valence-corrected chi connectivity index (χ0v) is 10.6. The number of carboxylic acids is 1. The van der Waals surface area contributed by atoms with Crippen molar-refractivity contribution in [3.63, 3.8) is 0 Å². The molecular formula is C13H14N4O2. The molecular weight excluding hydrogens is 244 g/mol. The van der Waals surface area contributed by atoms with Gasteiger partial charge < -0.3 is 5.11 Å². The third-order valence-electron chi connectivity index (χ3n) is 3.28. The van der Waals surface area contributed by atoms with E-state index in [1.165, 1.54) is 5.56 Å². The van der Waals surface area contributed by atoms with E-state index in [4.69, 9.17) is 5.11 Å². The van der Waals surface area contributed by atoms with Gasteiger partial charge in [0.25, 0.3) is 0 Å². The van der Waals surface area contributed by atoms with E-state index in [0.29, 0.717) is 5.56 Å². The predicted molar refractivity (Wildman–Crippen MR) is 67.4 cm³/mol. The highest BCUT2D eigenvalue weighted by atomic mass is 16.4. The first kappa shape index (κ1) is 11.9. The Hall–Kier alpha value is -2.21. The molecule has 0 saturated carbocycles. The first-order valence-corrected chi connectivity index (χ1v) is 6.04. The van der Waals surface area contributed by atoms with Gasteiger partial charge in [0.15, 0.2) is 0 Å². The number of rotatable bonds is 3. The van der Waals surface area contributed by atoms with Gasteiger partial charge in [-0.2, -0.15) is 0 Å².